The average Bonchev–Trinajstić information content (AvgIpc) is 2.76. The van der Waals surface area contributed by atoms with Gasteiger partial charge < -0.3 is 20.7 Å². The van der Waals surface area contributed by atoms with Crippen LogP contribution in [0.1, 0.15) is 30.0 Å². The monoisotopic (exact) mass is 465 g/mol. The normalized spacial score (nSPS) is 11.3. The summed E-state index contributed by atoms with van der Waals surface area (Å²) < 4.78 is 31.4. The molecule has 12 nitrogen and oxygen atoms in total. The molecule has 0 fully saturated rings. The number of esters is 1. The fourth-order valence-electron chi connectivity index (χ4n) is 2.63. The fraction of sp³-hybridized carbons (Fsp3) is 0.421. The summed E-state index contributed by atoms with van der Waals surface area (Å²) in [4.78, 5) is 37.9. The van der Waals surface area contributed by atoms with Crippen LogP contribution in [-0.2, 0) is 26.2 Å². The van der Waals surface area contributed by atoms with Crippen molar-refractivity contribution in [3.63, 3.8) is 0 Å². The second kappa shape index (κ2) is 10.8. The second-order valence-corrected chi connectivity index (χ2v) is 8.70. The van der Waals surface area contributed by atoms with Gasteiger partial charge >= 0.3 is 5.97 Å². The van der Waals surface area contributed by atoms with E-state index in [1.54, 1.807) is 32.8 Å². The van der Waals surface area contributed by atoms with Gasteiger partial charge in [-0.15, -0.1) is 0 Å². The molecule has 0 unspecified atom stereocenters. The van der Waals surface area contributed by atoms with Gasteiger partial charge in [0.05, 0.1) is 4.90 Å². The molecular formula is C19H27N7O5S. The lowest BCUT2D eigenvalue weighted by atomic mass is 10.2. The Morgan fingerprint density at radius 1 is 1.06 bits per heavy atom. The van der Waals surface area contributed by atoms with Crippen molar-refractivity contribution < 1.29 is 22.7 Å². The molecule has 2 aromatic rings. The second-order valence-electron chi connectivity index (χ2n) is 6.76. The van der Waals surface area contributed by atoms with Crippen molar-refractivity contribution in [3.05, 3.63) is 35.7 Å². The zero-order valence-electron chi connectivity index (χ0n) is 18.4. The molecule has 3 N–H and O–H groups in total. The first-order valence-electron chi connectivity index (χ1n) is 9.80. The smallest absolute Gasteiger partial charge is 0.325 e. The summed E-state index contributed by atoms with van der Waals surface area (Å²) in [5, 5.41) is 2.42. The number of benzene rings is 1. The van der Waals surface area contributed by atoms with E-state index in [-0.39, 0.29) is 35.4 Å². The van der Waals surface area contributed by atoms with Crippen LogP contribution >= 0.6 is 0 Å². The number of amides is 1. The summed E-state index contributed by atoms with van der Waals surface area (Å²) in [7, 11) is -0.160. The quantitative estimate of drug-likeness (QED) is 0.458. The van der Waals surface area contributed by atoms with Gasteiger partial charge in [0.2, 0.25) is 21.9 Å². The summed E-state index contributed by atoms with van der Waals surface area (Å²) in [6.07, 6.45) is 0. The molecule has 1 amide bonds. The predicted octanol–water partition coefficient (Wildman–Crippen LogP) is 0.0235. The summed E-state index contributed by atoms with van der Waals surface area (Å²) in [6, 6.07) is 5.48. The van der Waals surface area contributed by atoms with Crippen molar-refractivity contribution in [3.8, 4) is 0 Å². The first-order chi connectivity index (χ1) is 15.1. The van der Waals surface area contributed by atoms with Gasteiger partial charge in [-0.3, -0.25) is 9.59 Å². The summed E-state index contributed by atoms with van der Waals surface area (Å²) >= 11 is 0. The number of sulfonamides is 1. The van der Waals surface area contributed by atoms with Crippen molar-refractivity contribution in [2.75, 3.05) is 44.4 Å². The number of rotatable bonds is 10. The van der Waals surface area contributed by atoms with Crippen LogP contribution in [0.2, 0.25) is 0 Å². The molecule has 0 aliphatic rings. The van der Waals surface area contributed by atoms with E-state index in [0.717, 1.165) is 0 Å². The molecule has 0 saturated carbocycles. The number of hydrogen-bond donors (Lipinski definition) is 2. The van der Waals surface area contributed by atoms with E-state index >= 15 is 0 Å². The lowest BCUT2D eigenvalue weighted by Crippen LogP contribution is -2.31. The summed E-state index contributed by atoms with van der Waals surface area (Å²) in [5.74, 6) is -0.763. The van der Waals surface area contributed by atoms with E-state index in [4.69, 9.17) is 10.5 Å². The van der Waals surface area contributed by atoms with E-state index in [1.165, 1.54) is 28.6 Å². The number of nitrogens with zero attached hydrogens (tertiary/aromatic N) is 5. The van der Waals surface area contributed by atoms with Gasteiger partial charge in [-0.25, -0.2) is 8.42 Å². The maximum atomic E-state index is 12.5. The van der Waals surface area contributed by atoms with Crippen LogP contribution < -0.4 is 16.0 Å². The molecule has 0 spiro atoms. The minimum atomic E-state index is -3.62. The molecule has 1 aromatic carbocycles. The van der Waals surface area contributed by atoms with E-state index < -0.39 is 21.9 Å². The highest BCUT2D eigenvalue weighted by Gasteiger charge is 2.21. The minimum Gasteiger partial charge on any atom is -0.456 e. The highest BCUT2D eigenvalue weighted by atomic mass is 32.2. The zero-order valence-corrected chi connectivity index (χ0v) is 19.2. The van der Waals surface area contributed by atoms with Crippen LogP contribution in [0.3, 0.4) is 0 Å². The Labute approximate surface area is 186 Å². The number of hydrogen-bond acceptors (Lipinski definition) is 10. The molecule has 174 valence electrons. The number of nitrogens with two attached hydrogens (primary N) is 1. The van der Waals surface area contributed by atoms with Crippen LogP contribution in [0.4, 0.5) is 11.9 Å². The largest absolute Gasteiger partial charge is 0.456 e. The lowest BCUT2D eigenvalue weighted by Gasteiger charge is -2.18. The van der Waals surface area contributed by atoms with E-state index in [1.807, 2.05) is 0 Å². The highest BCUT2D eigenvalue weighted by molar-refractivity contribution is 7.89. The Bertz CT molecular complexity index is 1050. The maximum absolute atomic E-state index is 12.5. The van der Waals surface area contributed by atoms with Gasteiger partial charge in [-0.2, -0.15) is 19.3 Å². The van der Waals surface area contributed by atoms with Crippen LogP contribution in [0, 0.1) is 0 Å². The van der Waals surface area contributed by atoms with Gasteiger partial charge in [-0.05, 0) is 24.3 Å². The molecule has 2 rings (SSSR count). The van der Waals surface area contributed by atoms with E-state index in [9.17, 15) is 18.0 Å². The summed E-state index contributed by atoms with van der Waals surface area (Å²) in [6.45, 7) is 3.56. The van der Waals surface area contributed by atoms with Crippen LogP contribution in [0.15, 0.2) is 29.2 Å². The maximum Gasteiger partial charge on any atom is 0.325 e. The third-order valence-electron chi connectivity index (χ3n) is 4.30. The molecule has 0 saturated heterocycles. The number of nitrogens with one attached hydrogen (secondary N) is 1. The van der Waals surface area contributed by atoms with E-state index in [0.29, 0.717) is 19.0 Å². The fourth-order valence-corrected chi connectivity index (χ4v) is 4.09. The predicted molar refractivity (Wildman–Crippen MR) is 117 cm³/mol. The number of aromatic nitrogens is 3. The van der Waals surface area contributed by atoms with E-state index in [2.05, 4.69) is 20.3 Å². The molecule has 1 aromatic heterocycles. The molecule has 1 heterocycles. The minimum absolute atomic E-state index is 0.00509. The Morgan fingerprint density at radius 2 is 1.69 bits per heavy atom. The topological polar surface area (TPSA) is 161 Å². The summed E-state index contributed by atoms with van der Waals surface area (Å²) in [5.41, 5.74) is 5.82. The van der Waals surface area contributed by atoms with Gasteiger partial charge in [-0.1, -0.05) is 13.8 Å². The van der Waals surface area contributed by atoms with Crippen molar-refractivity contribution in [1.82, 2.24) is 24.6 Å². The van der Waals surface area contributed by atoms with Gasteiger partial charge in [0.1, 0.15) is 6.54 Å². The van der Waals surface area contributed by atoms with Crippen molar-refractivity contribution in [2.24, 2.45) is 0 Å². The van der Waals surface area contributed by atoms with Crippen molar-refractivity contribution >= 4 is 33.8 Å². The van der Waals surface area contributed by atoms with Crippen molar-refractivity contribution in [2.45, 2.75) is 25.3 Å². The van der Waals surface area contributed by atoms with Gasteiger partial charge in [0.25, 0.3) is 5.91 Å². The van der Waals surface area contributed by atoms with Crippen LogP contribution in [-0.4, -0.2) is 73.3 Å². The molecule has 13 heteroatoms. The third kappa shape index (κ3) is 6.34. The lowest BCUT2D eigenvalue weighted by molar-refractivity contribution is -0.143. The first kappa shape index (κ1) is 24.9. The Kier molecular flexibility index (Phi) is 8.43. The number of carbonyl (C=O) groups excluding carboxylic acids is 2. The number of nitrogen functional groups attached to an aromatic ring is 1. The molecule has 0 aliphatic carbocycles. The van der Waals surface area contributed by atoms with Gasteiger partial charge in [0, 0.05) is 32.7 Å². The Balaban J connectivity index is 1.92. The van der Waals surface area contributed by atoms with Crippen molar-refractivity contribution in [1.29, 1.82) is 0 Å². The van der Waals surface area contributed by atoms with Crippen LogP contribution in [0.5, 0.6) is 0 Å². The molecule has 32 heavy (non-hydrogen) atoms. The molecular weight excluding hydrogens is 438 g/mol. The zero-order chi connectivity index (χ0) is 23.9. The SMILES string of the molecule is CCN(CC)S(=O)(=O)c1ccc(C(=O)NCC(=O)OCc2nc(N)nc(N(C)C)n2)cc1. The Hall–Kier alpha value is -3.32. The third-order valence-corrected chi connectivity index (χ3v) is 6.37. The molecule has 0 bridgehead atoms. The molecule has 0 atom stereocenters. The number of carbonyl (C=O) groups is 2. The number of ether oxygens (including phenoxy) is 1. The van der Waals surface area contributed by atoms with Gasteiger partial charge in [0.15, 0.2) is 12.4 Å². The number of anilines is 2. The Morgan fingerprint density at radius 3 is 2.25 bits per heavy atom. The first-order valence-corrected chi connectivity index (χ1v) is 11.2. The standard InChI is InChI=1S/C19H27N7O5S/c1-5-26(6-2)32(29,30)14-9-7-13(8-10-14)17(28)21-11-16(27)31-12-15-22-18(20)24-19(23-15)25(3)4/h7-10H,5-6,11-12H2,1-4H3,(H,21,28)(H2,20,22,23,24). The van der Waals surface area contributed by atoms with Crippen LogP contribution in [0.25, 0.3) is 0 Å². The highest BCUT2D eigenvalue weighted by Crippen LogP contribution is 2.16. The average molecular weight is 466 g/mol. The molecule has 0 radical (unpaired) electrons. The molecule has 0 aliphatic heterocycles.